The number of aliphatic carboxylic acids is 1. The average Bonchev–Trinajstić information content (AvgIpc) is 1.97. The Morgan fingerprint density at radius 3 is 2.14 bits per heavy atom. The Balaban J connectivity index is 5.06. The summed E-state index contributed by atoms with van der Waals surface area (Å²) in [5.74, 6) is -1.18. The van der Waals surface area contributed by atoms with Crippen molar-refractivity contribution in [2.75, 3.05) is 0 Å². The van der Waals surface area contributed by atoms with Crippen LogP contribution < -0.4 is 0 Å². The van der Waals surface area contributed by atoms with Crippen LogP contribution in [0.5, 0.6) is 0 Å². The number of hydrogen-bond donors (Lipinski definition) is 1. The minimum Gasteiger partial charge on any atom is -0.477 e. The van der Waals surface area contributed by atoms with E-state index < -0.39 is 11.4 Å². The largest absolute Gasteiger partial charge is 0.477 e. The van der Waals surface area contributed by atoms with Crippen molar-refractivity contribution >= 4 is 5.97 Å². The third-order valence-corrected chi connectivity index (χ3v) is 1.53. The van der Waals surface area contributed by atoms with Crippen LogP contribution in [0.1, 0.15) is 27.7 Å². The van der Waals surface area contributed by atoms with Crippen LogP contribution in [0.3, 0.4) is 0 Å². The molecule has 0 radical (unpaired) electrons. The first-order chi connectivity index (χ1) is 6.28. The maximum absolute atomic E-state index is 10.6. The smallest absolute Gasteiger partial charge is 0.346 e. The molecule has 3 nitrogen and oxygen atoms in total. The lowest BCUT2D eigenvalue weighted by Gasteiger charge is -2.15. The lowest BCUT2D eigenvalue weighted by molar-refractivity contribution is -0.132. The monoisotopic (exact) mass is 193 g/mol. The van der Waals surface area contributed by atoms with Gasteiger partial charge in [0.1, 0.15) is 11.6 Å². The van der Waals surface area contributed by atoms with Crippen LogP contribution in [0.25, 0.3) is 0 Å². The Morgan fingerprint density at radius 1 is 1.36 bits per heavy atom. The molecule has 0 atom stereocenters. The van der Waals surface area contributed by atoms with Crippen LogP contribution in [0, 0.1) is 16.7 Å². The molecule has 0 aromatic heterocycles. The molecule has 0 rings (SSSR count). The molecule has 0 aliphatic rings. The number of carbonyl (C=O) groups is 1. The zero-order valence-electron chi connectivity index (χ0n) is 8.96. The molecule has 0 heterocycles. The predicted molar refractivity (Wildman–Crippen MR) is 54.5 cm³/mol. The zero-order chi connectivity index (χ0) is 11.4. The van der Waals surface area contributed by atoms with E-state index in [-0.39, 0.29) is 5.57 Å². The SMILES string of the molecule is CC(C)=CC(C)(C)C=C(C#N)C(=O)O. The Kier molecular flexibility index (Phi) is 4.10. The summed E-state index contributed by atoms with van der Waals surface area (Å²) in [5.41, 5.74) is 0.476. The Labute approximate surface area is 84.4 Å². The third-order valence-electron chi connectivity index (χ3n) is 1.53. The molecular formula is C11H15NO2. The van der Waals surface area contributed by atoms with Crippen LogP contribution in [0.4, 0.5) is 0 Å². The van der Waals surface area contributed by atoms with Crippen molar-refractivity contribution in [3.63, 3.8) is 0 Å². The van der Waals surface area contributed by atoms with E-state index in [0.717, 1.165) is 5.57 Å². The van der Waals surface area contributed by atoms with Crippen molar-refractivity contribution in [1.82, 2.24) is 0 Å². The van der Waals surface area contributed by atoms with E-state index >= 15 is 0 Å². The van der Waals surface area contributed by atoms with Crippen LogP contribution in [-0.4, -0.2) is 11.1 Å². The summed E-state index contributed by atoms with van der Waals surface area (Å²) in [5, 5.41) is 17.2. The fourth-order valence-corrected chi connectivity index (χ4v) is 1.30. The van der Waals surface area contributed by atoms with Crippen molar-refractivity contribution < 1.29 is 9.90 Å². The first kappa shape index (κ1) is 12.4. The van der Waals surface area contributed by atoms with Crippen LogP contribution >= 0.6 is 0 Å². The van der Waals surface area contributed by atoms with Crippen LogP contribution in [-0.2, 0) is 4.79 Å². The van der Waals surface area contributed by atoms with Crippen molar-refractivity contribution in [3.05, 3.63) is 23.3 Å². The first-order valence-corrected chi connectivity index (χ1v) is 4.31. The highest BCUT2D eigenvalue weighted by Gasteiger charge is 2.15. The minimum atomic E-state index is -1.18. The van der Waals surface area contributed by atoms with Crippen LogP contribution in [0.15, 0.2) is 23.3 Å². The highest BCUT2D eigenvalue weighted by atomic mass is 16.4. The molecule has 1 N–H and O–H groups in total. The molecule has 0 fully saturated rings. The molecule has 0 saturated carbocycles. The van der Waals surface area contributed by atoms with Gasteiger partial charge in [-0.2, -0.15) is 5.26 Å². The maximum Gasteiger partial charge on any atom is 0.346 e. The molecule has 0 bridgehead atoms. The summed E-state index contributed by atoms with van der Waals surface area (Å²) in [6.07, 6.45) is 3.38. The molecule has 14 heavy (non-hydrogen) atoms. The summed E-state index contributed by atoms with van der Waals surface area (Å²) in [4.78, 5) is 10.6. The lowest BCUT2D eigenvalue weighted by atomic mass is 9.89. The van der Waals surface area contributed by atoms with Gasteiger partial charge in [0.15, 0.2) is 0 Å². The predicted octanol–water partition coefficient (Wildman–Crippen LogP) is 2.51. The van der Waals surface area contributed by atoms with Gasteiger partial charge in [-0.25, -0.2) is 4.79 Å². The van der Waals surface area contributed by atoms with E-state index in [2.05, 4.69) is 0 Å². The van der Waals surface area contributed by atoms with E-state index in [1.54, 1.807) is 6.07 Å². The van der Waals surface area contributed by atoms with Gasteiger partial charge < -0.3 is 5.11 Å². The molecule has 0 aromatic rings. The zero-order valence-corrected chi connectivity index (χ0v) is 8.96. The number of carboxylic acids is 1. The van der Waals surface area contributed by atoms with Gasteiger partial charge in [-0.1, -0.05) is 25.5 Å². The molecule has 0 amide bonds. The molecule has 0 spiro atoms. The molecule has 0 saturated heterocycles. The quantitative estimate of drug-likeness (QED) is 0.425. The van der Waals surface area contributed by atoms with E-state index in [9.17, 15) is 4.79 Å². The Hall–Kier alpha value is -1.56. The second-order valence-electron chi connectivity index (χ2n) is 4.02. The van der Waals surface area contributed by atoms with Gasteiger partial charge in [0.05, 0.1) is 0 Å². The number of rotatable bonds is 3. The minimum absolute atomic E-state index is 0.215. The summed E-state index contributed by atoms with van der Waals surface area (Å²) in [6, 6.07) is 1.66. The summed E-state index contributed by atoms with van der Waals surface area (Å²) >= 11 is 0. The van der Waals surface area contributed by atoms with E-state index in [4.69, 9.17) is 10.4 Å². The number of nitrogens with zero attached hydrogens (tertiary/aromatic N) is 1. The van der Waals surface area contributed by atoms with E-state index in [0.29, 0.717) is 0 Å². The van der Waals surface area contributed by atoms with E-state index in [1.807, 2.05) is 33.8 Å². The summed E-state index contributed by atoms with van der Waals surface area (Å²) in [7, 11) is 0. The van der Waals surface area contributed by atoms with Gasteiger partial charge in [-0.15, -0.1) is 0 Å². The molecular weight excluding hydrogens is 178 g/mol. The van der Waals surface area contributed by atoms with Gasteiger partial charge >= 0.3 is 5.97 Å². The fourth-order valence-electron chi connectivity index (χ4n) is 1.30. The fraction of sp³-hybridized carbons (Fsp3) is 0.455. The number of carboxylic acid groups (broad SMARTS) is 1. The van der Waals surface area contributed by atoms with Gasteiger partial charge in [0.25, 0.3) is 0 Å². The highest BCUT2D eigenvalue weighted by Crippen LogP contribution is 2.22. The van der Waals surface area contributed by atoms with Crippen LogP contribution in [0.2, 0.25) is 0 Å². The van der Waals surface area contributed by atoms with Gasteiger partial charge in [0.2, 0.25) is 0 Å². The van der Waals surface area contributed by atoms with Gasteiger partial charge in [0, 0.05) is 5.41 Å². The summed E-state index contributed by atoms with van der Waals surface area (Å²) < 4.78 is 0. The maximum atomic E-state index is 10.6. The van der Waals surface area contributed by atoms with Crippen molar-refractivity contribution in [1.29, 1.82) is 5.26 Å². The average molecular weight is 193 g/mol. The molecule has 0 aliphatic carbocycles. The van der Waals surface area contributed by atoms with Gasteiger partial charge in [-0.3, -0.25) is 0 Å². The highest BCUT2D eigenvalue weighted by molar-refractivity contribution is 5.91. The third kappa shape index (κ3) is 4.46. The second-order valence-corrected chi connectivity index (χ2v) is 4.02. The van der Waals surface area contributed by atoms with Gasteiger partial charge in [-0.05, 0) is 19.9 Å². The molecule has 0 aliphatic heterocycles. The molecule has 76 valence electrons. The lowest BCUT2D eigenvalue weighted by Crippen LogP contribution is -2.08. The van der Waals surface area contributed by atoms with Crippen molar-refractivity contribution in [3.8, 4) is 6.07 Å². The van der Waals surface area contributed by atoms with E-state index in [1.165, 1.54) is 6.08 Å². The molecule has 0 aromatic carbocycles. The molecule has 0 unspecified atom stereocenters. The molecule has 3 heteroatoms. The first-order valence-electron chi connectivity index (χ1n) is 4.31. The Morgan fingerprint density at radius 2 is 1.86 bits per heavy atom. The summed E-state index contributed by atoms with van der Waals surface area (Å²) in [6.45, 7) is 7.59. The second kappa shape index (κ2) is 4.61. The Bertz CT molecular complexity index is 326. The van der Waals surface area contributed by atoms with Crippen molar-refractivity contribution in [2.45, 2.75) is 27.7 Å². The number of hydrogen-bond acceptors (Lipinski definition) is 2. The topological polar surface area (TPSA) is 61.1 Å². The number of allylic oxidation sites excluding steroid dienone is 3. The standard InChI is InChI=1S/C11H15NO2/c1-8(2)5-11(3,4)6-9(7-12)10(13)14/h5-6H,1-4H3,(H,13,14). The number of nitriles is 1. The normalized spacial score (nSPS) is 11.8. The van der Waals surface area contributed by atoms with Crippen molar-refractivity contribution in [2.24, 2.45) is 5.41 Å².